The summed E-state index contributed by atoms with van der Waals surface area (Å²) in [6.45, 7) is 2.11. The number of aliphatic hydroxyl groups is 3. The van der Waals surface area contributed by atoms with E-state index >= 15 is 0 Å². The van der Waals surface area contributed by atoms with Crippen LogP contribution < -0.4 is 5.32 Å². The molecule has 0 saturated carbocycles. The average molecular weight is 457 g/mol. The number of aromatic nitrogens is 2. The van der Waals surface area contributed by atoms with Gasteiger partial charge in [0.1, 0.15) is 18.3 Å². The van der Waals surface area contributed by atoms with Crippen molar-refractivity contribution < 1.29 is 24.9 Å². The minimum atomic E-state index is -1.37. The van der Waals surface area contributed by atoms with Crippen molar-refractivity contribution in [3.63, 3.8) is 0 Å². The van der Waals surface area contributed by atoms with Gasteiger partial charge in [-0.15, -0.1) is 0 Å². The third-order valence-electron chi connectivity index (χ3n) is 7.44. The Hall–Kier alpha value is -3.43. The van der Waals surface area contributed by atoms with Crippen LogP contribution in [-0.4, -0.2) is 55.2 Å². The van der Waals surface area contributed by atoms with Crippen LogP contribution in [0.4, 0.5) is 0 Å². The fourth-order valence-corrected chi connectivity index (χ4v) is 5.86. The molecule has 2 aromatic heterocycles. The van der Waals surface area contributed by atoms with E-state index in [1.54, 1.807) is 6.92 Å². The van der Waals surface area contributed by atoms with Gasteiger partial charge in [0.15, 0.2) is 6.23 Å². The van der Waals surface area contributed by atoms with Crippen LogP contribution in [0.15, 0.2) is 48.5 Å². The van der Waals surface area contributed by atoms with E-state index in [1.165, 1.54) is 0 Å². The minimum Gasteiger partial charge on any atom is -0.388 e. The number of H-pyrrole nitrogens is 1. The number of carbonyl (C=O) groups is 1. The van der Waals surface area contributed by atoms with Gasteiger partial charge in [0.25, 0.3) is 5.91 Å². The molecule has 3 aromatic carbocycles. The second-order valence-corrected chi connectivity index (χ2v) is 9.27. The van der Waals surface area contributed by atoms with Gasteiger partial charge in [0.05, 0.1) is 28.2 Å². The average Bonchev–Trinajstić information content (AvgIpc) is 3.51. The number of carbonyl (C=O) groups excluding carboxylic acids is 1. The number of aromatic amines is 1. The number of fused-ring (bicyclic) bond motifs is 10. The Balaban J connectivity index is 1.70. The summed E-state index contributed by atoms with van der Waals surface area (Å²) in [5, 5.41) is 38.5. The molecule has 0 bridgehead atoms. The molecule has 5 aromatic rings. The molecule has 0 radical (unpaired) electrons. The lowest BCUT2D eigenvalue weighted by molar-refractivity contribution is -0.238. The topological polar surface area (TPSA) is 120 Å². The summed E-state index contributed by atoms with van der Waals surface area (Å²) in [6, 6.07) is 15.6. The molecule has 1 fully saturated rings. The van der Waals surface area contributed by atoms with E-state index in [0.29, 0.717) is 12.1 Å². The summed E-state index contributed by atoms with van der Waals surface area (Å²) in [4.78, 5) is 16.7. The van der Waals surface area contributed by atoms with Crippen LogP contribution in [0, 0.1) is 0 Å². The molecule has 7 rings (SSSR count). The standard InChI is InChI=1S/C26H23N3O5/c1-11-22(30)23(31)24(32)26(34-11)29-16-9-5-3-7-13(16)18-19-14(10-27-25(19)33)17-12-6-2-4-8-15(12)28-20(17)21(18)29/h2-9,11,22-24,26,28,30-32H,10H2,1H3,(H,27,33)/t11?,22-,23?,24-,26-/m0/s1. The van der Waals surface area contributed by atoms with Gasteiger partial charge < -0.3 is 34.9 Å². The number of ether oxygens (including phenoxy) is 1. The summed E-state index contributed by atoms with van der Waals surface area (Å²) >= 11 is 0. The van der Waals surface area contributed by atoms with Gasteiger partial charge in [0, 0.05) is 33.6 Å². The second kappa shape index (κ2) is 6.80. The molecule has 2 unspecified atom stereocenters. The van der Waals surface area contributed by atoms with Gasteiger partial charge in [-0.3, -0.25) is 4.79 Å². The molecular formula is C26H23N3O5. The number of nitrogens with one attached hydrogen (secondary N) is 2. The highest BCUT2D eigenvalue weighted by Crippen LogP contribution is 2.45. The molecule has 2 aliphatic rings. The first kappa shape index (κ1) is 20.0. The van der Waals surface area contributed by atoms with Crippen LogP contribution in [0.25, 0.3) is 43.6 Å². The zero-order valence-corrected chi connectivity index (χ0v) is 18.3. The Kier molecular flexibility index (Phi) is 4.00. The smallest absolute Gasteiger partial charge is 0.252 e. The third kappa shape index (κ3) is 2.38. The van der Waals surface area contributed by atoms with Crippen molar-refractivity contribution in [2.24, 2.45) is 0 Å². The zero-order chi connectivity index (χ0) is 23.3. The summed E-state index contributed by atoms with van der Waals surface area (Å²) in [5.74, 6) is -0.135. The first-order valence-electron chi connectivity index (χ1n) is 11.4. The molecule has 1 saturated heterocycles. The lowest BCUT2D eigenvalue weighted by atomic mass is 9.96. The molecule has 5 atom stereocenters. The van der Waals surface area contributed by atoms with Gasteiger partial charge in [-0.1, -0.05) is 36.4 Å². The molecule has 2 aliphatic heterocycles. The SMILES string of the molecule is CC1O[C@H](n2c3ccccc3c3c4c(c5c6ccccc6[nH]c5c32)CNC4=O)[C@@H](O)C(O)[C@H]1O. The molecule has 0 spiro atoms. The molecule has 8 heteroatoms. The van der Waals surface area contributed by atoms with Gasteiger partial charge in [-0.25, -0.2) is 0 Å². The second-order valence-electron chi connectivity index (χ2n) is 9.27. The van der Waals surface area contributed by atoms with Crippen LogP contribution in [-0.2, 0) is 11.3 Å². The fraction of sp³-hybridized carbons (Fsp3) is 0.269. The molecule has 172 valence electrons. The Morgan fingerprint density at radius 1 is 0.941 bits per heavy atom. The molecular weight excluding hydrogens is 434 g/mol. The van der Waals surface area contributed by atoms with Crippen molar-refractivity contribution in [1.29, 1.82) is 0 Å². The van der Waals surface area contributed by atoms with E-state index in [0.717, 1.165) is 49.2 Å². The summed E-state index contributed by atoms with van der Waals surface area (Å²) in [7, 11) is 0. The lowest BCUT2D eigenvalue weighted by Gasteiger charge is -2.40. The van der Waals surface area contributed by atoms with E-state index in [-0.39, 0.29) is 5.91 Å². The summed E-state index contributed by atoms with van der Waals surface area (Å²) < 4.78 is 7.97. The van der Waals surface area contributed by atoms with E-state index in [1.807, 2.05) is 53.1 Å². The summed E-state index contributed by atoms with van der Waals surface area (Å²) in [5.41, 5.74) is 4.85. The van der Waals surface area contributed by atoms with Crippen LogP contribution >= 0.6 is 0 Å². The number of aliphatic hydroxyl groups excluding tert-OH is 3. The van der Waals surface area contributed by atoms with Crippen molar-refractivity contribution in [2.45, 2.75) is 44.1 Å². The summed E-state index contributed by atoms with van der Waals surface area (Å²) in [6.07, 6.45) is -5.61. The number of amides is 1. The molecule has 1 amide bonds. The lowest BCUT2D eigenvalue weighted by Crippen LogP contribution is -2.54. The Labute approximate surface area is 193 Å². The molecule has 34 heavy (non-hydrogen) atoms. The minimum absolute atomic E-state index is 0.135. The van der Waals surface area contributed by atoms with E-state index in [9.17, 15) is 20.1 Å². The third-order valence-corrected chi connectivity index (χ3v) is 7.44. The maximum absolute atomic E-state index is 13.1. The predicted molar refractivity (Wildman–Crippen MR) is 128 cm³/mol. The van der Waals surface area contributed by atoms with Gasteiger partial charge in [0.2, 0.25) is 0 Å². The van der Waals surface area contributed by atoms with Crippen LogP contribution in [0.3, 0.4) is 0 Å². The fourth-order valence-electron chi connectivity index (χ4n) is 5.86. The highest BCUT2D eigenvalue weighted by atomic mass is 16.5. The number of para-hydroxylation sites is 2. The van der Waals surface area contributed by atoms with Crippen molar-refractivity contribution in [3.05, 3.63) is 59.7 Å². The molecule has 4 heterocycles. The Morgan fingerprint density at radius 3 is 2.50 bits per heavy atom. The number of benzene rings is 3. The van der Waals surface area contributed by atoms with Crippen LogP contribution in [0.2, 0.25) is 0 Å². The first-order valence-corrected chi connectivity index (χ1v) is 11.4. The molecule has 5 N–H and O–H groups in total. The van der Waals surface area contributed by atoms with Crippen molar-refractivity contribution in [3.8, 4) is 0 Å². The molecule has 8 nitrogen and oxygen atoms in total. The van der Waals surface area contributed by atoms with Gasteiger partial charge in [-0.05, 0) is 24.6 Å². The number of hydrogen-bond acceptors (Lipinski definition) is 5. The Morgan fingerprint density at radius 2 is 1.68 bits per heavy atom. The number of rotatable bonds is 1. The normalized spacial score (nSPS) is 27.2. The zero-order valence-electron chi connectivity index (χ0n) is 18.3. The van der Waals surface area contributed by atoms with Crippen LogP contribution in [0.5, 0.6) is 0 Å². The number of nitrogens with zero attached hydrogens (tertiary/aromatic N) is 1. The highest BCUT2D eigenvalue weighted by molar-refractivity contribution is 6.30. The largest absolute Gasteiger partial charge is 0.388 e. The first-order chi connectivity index (χ1) is 16.5. The predicted octanol–water partition coefficient (Wildman–Crippen LogP) is 2.67. The van der Waals surface area contributed by atoms with Crippen molar-refractivity contribution in [1.82, 2.24) is 14.9 Å². The van der Waals surface area contributed by atoms with Gasteiger partial charge >= 0.3 is 0 Å². The monoisotopic (exact) mass is 457 g/mol. The van der Waals surface area contributed by atoms with Crippen molar-refractivity contribution in [2.75, 3.05) is 0 Å². The van der Waals surface area contributed by atoms with Crippen molar-refractivity contribution >= 4 is 49.5 Å². The highest BCUT2D eigenvalue weighted by Gasteiger charge is 2.44. The molecule has 0 aliphatic carbocycles. The maximum atomic E-state index is 13.1. The maximum Gasteiger partial charge on any atom is 0.252 e. The van der Waals surface area contributed by atoms with E-state index in [2.05, 4.69) is 10.3 Å². The van der Waals surface area contributed by atoms with Gasteiger partial charge in [-0.2, -0.15) is 0 Å². The quantitative estimate of drug-likeness (QED) is 0.265. The van der Waals surface area contributed by atoms with E-state index in [4.69, 9.17) is 4.74 Å². The van der Waals surface area contributed by atoms with E-state index < -0.39 is 30.6 Å². The van der Waals surface area contributed by atoms with Crippen LogP contribution in [0.1, 0.15) is 29.1 Å². The Bertz CT molecular complexity index is 1650. The number of hydrogen-bond donors (Lipinski definition) is 5.